The van der Waals surface area contributed by atoms with Gasteiger partial charge in [0.25, 0.3) is 0 Å². The molecule has 0 amide bonds. The molecule has 2 aromatic carbocycles. The molecular weight excluding hydrogens is 312 g/mol. The summed E-state index contributed by atoms with van der Waals surface area (Å²) < 4.78 is 2.06. The van der Waals surface area contributed by atoms with Crippen LogP contribution in [0.5, 0.6) is 0 Å². The van der Waals surface area contributed by atoms with Gasteiger partial charge in [-0.15, -0.1) is 0 Å². The molecule has 2 heterocycles. The van der Waals surface area contributed by atoms with Crippen molar-refractivity contribution in [3.05, 3.63) is 66.2 Å². The first kappa shape index (κ1) is 16.3. The zero-order chi connectivity index (χ0) is 17.5. The van der Waals surface area contributed by atoms with E-state index in [0.29, 0.717) is 13.2 Å². The lowest BCUT2D eigenvalue weighted by Gasteiger charge is -2.43. The monoisotopic (exact) mass is 336 g/mol. The van der Waals surface area contributed by atoms with Gasteiger partial charge in [-0.25, -0.2) is 14.8 Å². The zero-order valence-electron chi connectivity index (χ0n) is 15.0. The molecule has 1 aliphatic rings. The lowest BCUT2D eigenvalue weighted by atomic mass is 9.76. The molecule has 0 radical (unpaired) electrons. The second-order valence-corrected chi connectivity index (χ2v) is 7.98. The van der Waals surface area contributed by atoms with E-state index in [0.717, 1.165) is 12.0 Å². The normalized spacial score (nSPS) is 23.0. The van der Waals surface area contributed by atoms with E-state index in [4.69, 9.17) is 9.78 Å². The smallest absolute Gasteiger partial charge is 0.147 e. The molecule has 25 heavy (non-hydrogen) atoms. The number of aromatic nitrogens is 2. The minimum Gasteiger partial charge on any atom is -0.334 e. The first-order chi connectivity index (χ1) is 12.0. The Balaban J connectivity index is 1.81. The Bertz CT molecular complexity index is 886. The van der Waals surface area contributed by atoms with E-state index in [1.54, 1.807) is 6.20 Å². The summed E-state index contributed by atoms with van der Waals surface area (Å²) in [6.07, 6.45) is 6.48. The predicted octanol–water partition coefficient (Wildman–Crippen LogP) is 4.62. The summed E-state index contributed by atoms with van der Waals surface area (Å²) in [5, 5.41) is 2.47. The quantitative estimate of drug-likeness (QED) is 0.655. The molecule has 0 bridgehead atoms. The Labute approximate surface area is 148 Å². The second-order valence-electron chi connectivity index (χ2n) is 7.98. The summed E-state index contributed by atoms with van der Waals surface area (Å²) >= 11 is 0. The molecule has 1 fully saturated rings. The van der Waals surface area contributed by atoms with Crippen molar-refractivity contribution in [1.82, 2.24) is 9.55 Å². The van der Waals surface area contributed by atoms with Crippen LogP contribution in [0, 0.1) is 12.3 Å². The number of benzene rings is 2. The first-order valence-electron chi connectivity index (χ1n) is 8.73. The molecule has 3 aromatic rings. The molecule has 1 saturated heterocycles. The van der Waals surface area contributed by atoms with Gasteiger partial charge in [0.15, 0.2) is 0 Å². The van der Waals surface area contributed by atoms with Crippen molar-refractivity contribution in [1.29, 1.82) is 0 Å². The Morgan fingerprint density at radius 1 is 1.12 bits per heavy atom. The molecule has 4 heteroatoms. The third-order valence-corrected chi connectivity index (χ3v) is 4.95. The molecule has 1 aliphatic heterocycles. The molecule has 1 atom stereocenters. The summed E-state index contributed by atoms with van der Waals surface area (Å²) in [6, 6.07) is 13.1. The number of hydrogen-bond donors (Lipinski definition) is 0. The summed E-state index contributed by atoms with van der Waals surface area (Å²) in [5.74, 6) is 0. The van der Waals surface area contributed by atoms with E-state index < -0.39 is 5.60 Å². The van der Waals surface area contributed by atoms with Crippen molar-refractivity contribution >= 4 is 10.8 Å². The molecule has 130 valence electrons. The van der Waals surface area contributed by atoms with Gasteiger partial charge in [-0.2, -0.15) is 0 Å². The van der Waals surface area contributed by atoms with Crippen LogP contribution in [0.4, 0.5) is 0 Å². The number of fused-ring (bicyclic) bond motifs is 1. The zero-order valence-corrected chi connectivity index (χ0v) is 15.0. The number of hydrogen-bond acceptors (Lipinski definition) is 3. The van der Waals surface area contributed by atoms with Crippen LogP contribution < -0.4 is 0 Å². The fourth-order valence-corrected chi connectivity index (χ4v) is 3.80. The van der Waals surface area contributed by atoms with Crippen molar-refractivity contribution in [3.8, 4) is 0 Å². The van der Waals surface area contributed by atoms with Crippen molar-refractivity contribution in [2.45, 2.75) is 39.3 Å². The van der Waals surface area contributed by atoms with Gasteiger partial charge in [0.05, 0.1) is 19.5 Å². The van der Waals surface area contributed by atoms with Crippen molar-refractivity contribution in [2.24, 2.45) is 5.41 Å². The van der Waals surface area contributed by atoms with Crippen LogP contribution >= 0.6 is 0 Å². The molecule has 0 spiro atoms. The maximum Gasteiger partial charge on any atom is 0.147 e. The van der Waals surface area contributed by atoms with Crippen LogP contribution in [0.1, 0.15) is 31.4 Å². The molecular formula is C21H24N2O2. The van der Waals surface area contributed by atoms with Gasteiger partial charge in [-0.05, 0) is 41.2 Å². The molecule has 0 saturated carbocycles. The number of imidazole rings is 1. The number of rotatable bonds is 3. The molecule has 1 aromatic heterocycles. The van der Waals surface area contributed by atoms with Crippen LogP contribution in [-0.2, 0) is 21.9 Å². The number of nitrogens with zero attached hydrogens (tertiary/aromatic N) is 2. The summed E-state index contributed by atoms with van der Waals surface area (Å²) in [6.45, 7) is 7.85. The Morgan fingerprint density at radius 2 is 1.92 bits per heavy atom. The third-order valence-electron chi connectivity index (χ3n) is 4.95. The van der Waals surface area contributed by atoms with Crippen LogP contribution in [0.2, 0.25) is 0 Å². The van der Waals surface area contributed by atoms with Gasteiger partial charge in [-0.1, -0.05) is 49.7 Å². The fraction of sp³-hybridized carbons (Fsp3) is 0.381. The van der Waals surface area contributed by atoms with E-state index in [1.165, 1.54) is 16.3 Å². The highest BCUT2D eigenvalue weighted by atomic mass is 17.2. The SMILES string of the molecule is Cc1ccc2cc(C3(Cn4ccnc4)CC(C)(C)COO3)ccc2c1. The maximum atomic E-state index is 5.98. The lowest BCUT2D eigenvalue weighted by molar-refractivity contribution is -0.413. The van der Waals surface area contributed by atoms with Gasteiger partial charge in [0, 0.05) is 12.4 Å². The molecule has 0 aliphatic carbocycles. The summed E-state index contributed by atoms with van der Waals surface area (Å²) in [7, 11) is 0. The lowest BCUT2D eigenvalue weighted by Crippen LogP contribution is -2.45. The highest BCUT2D eigenvalue weighted by Gasteiger charge is 2.45. The van der Waals surface area contributed by atoms with Crippen LogP contribution in [-0.4, -0.2) is 16.2 Å². The Kier molecular flexibility index (Phi) is 3.89. The van der Waals surface area contributed by atoms with Crippen LogP contribution in [0.15, 0.2) is 55.1 Å². The van der Waals surface area contributed by atoms with Crippen LogP contribution in [0.25, 0.3) is 10.8 Å². The molecule has 0 N–H and O–H groups in total. The first-order valence-corrected chi connectivity index (χ1v) is 8.73. The standard InChI is InChI=1S/C21H24N2O2/c1-16-4-5-18-11-19(7-6-17(18)10-16)21(13-23-9-8-22-15-23)12-20(2,3)14-24-25-21/h4-11,15H,12-14H2,1-3H3. The minimum atomic E-state index is -0.526. The number of aryl methyl sites for hydroxylation is 1. The van der Waals surface area contributed by atoms with E-state index in [2.05, 4.69) is 66.7 Å². The summed E-state index contributed by atoms with van der Waals surface area (Å²) in [4.78, 5) is 15.8. The molecule has 4 nitrogen and oxygen atoms in total. The Morgan fingerprint density at radius 3 is 2.68 bits per heavy atom. The highest BCUT2D eigenvalue weighted by Crippen LogP contribution is 2.44. The van der Waals surface area contributed by atoms with Gasteiger partial charge in [-0.3, -0.25) is 0 Å². The second kappa shape index (κ2) is 5.97. The topological polar surface area (TPSA) is 36.3 Å². The predicted molar refractivity (Wildman–Crippen MR) is 98.0 cm³/mol. The van der Waals surface area contributed by atoms with Crippen molar-refractivity contribution in [2.75, 3.05) is 6.61 Å². The summed E-state index contributed by atoms with van der Waals surface area (Å²) in [5.41, 5.74) is 1.93. The minimum absolute atomic E-state index is 0.0427. The van der Waals surface area contributed by atoms with E-state index in [1.807, 2.05) is 12.5 Å². The molecule has 4 rings (SSSR count). The van der Waals surface area contributed by atoms with Gasteiger partial charge in [0.2, 0.25) is 0 Å². The van der Waals surface area contributed by atoms with E-state index in [-0.39, 0.29) is 5.41 Å². The van der Waals surface area contributed by atoms with Gasteiger partial charge < -0.3 is 4.57 Å². The van der Waals surface area contributed by atoms with Crippen molar-refractivity contribution < 1.29 is 9.78 Å². The maximum absolute atomic E-state index is 5.98. The van der Waals surface area contributed by atoms with Crippen molar-refractivity contribution in [3.63, 3.8) is 0 Å². The molecule has 1 unspecified atom stereocenters. The Hall–Kier alpha value is -2.17. The third kappa shape index (κ3) is 3.20. The largest absolute Gasteiger partial charge is 0.334 e. The van der Waals surface area contributed by atoms with Crippen LogP contribution in [0.3, 0.4) is 0 Å². The average Bonchev–Trinajstić information content (AvgIpc) is 3.06. The average molecular weight is 336 g/mol. The van der Waals surface area contributed by atoms with E-state index in [9.17, 15) is 0 Å². The fourth-order valence-electron chi connectivity index (χ4n) is 3.80. The van der Waals surface area contributed by atoms with Gasteiger partial charge >= 0.3 is 0 Å². The highest BCUT2D eigenvalue weighted by molar-refractivity contribution is 5.84. The van der Waals surface area contributed by atoms with E-state index >= 15 is 0 Å². The van der Waals surface area contributed by atoms with Gasteiger partial charge in [0.1, 0.15) is 5.60 Å².